The number of carbonyl (C=O) groups is 1. The maximum atomic E-state index is 10.9. The number of nitrogens with zero attached hydrogens (tertiary/aromatic N) is 1. The van der Waals surface area contributed by atoms with Gasteiger partial charge in [-0.3, -0.25) is 4.79 Å². The van der Waals surface area contributed by atoms with Crippen LogP contribution in [-0.2, 0) is 11.3 Å². The summed E-state index contributed by atoms with van der Waals surface area (Å²) in [6.07, 6.45) is 0.667. The summed E-state index contributed by atoms with van der Waals surface area (Å²) >= 11 is 0. The van der Waals surface area contributed by atoms with Crippen LogP contribution in [0.3, 0.4) is 0 Å². The van der Waals surface area contributed by atoms with Gasteiger partial charge in [0.25, 0.3) is 0 Å². The van der Waals surface area contributed by atoms with E-state index in [9.17, 15) is 4.79 Å². The number of quaternary nitrogens is 1. The van der Waals surface area contributed by atoms with Crippen LogP contribution in [-0.4, -0.2) is 30.9 Å². The molecule has 0 aliphatic carbocycles. The number of carbonyl (C=O) groups excluding carboxylic acids is 1. The first-order chi connectivity index (χ1) is 6.99. The Morgan fingerprint density at radius 1 is 1.20 bits per heavy atom. The molecular weight excluding hydrogens is 186 g/mol. The Bertz CT molecular complexity index is 317. The lowest BCUT2D eigenvalue weighted by Crippen LogP contribution is -2.40. The quantitative estimate of drug-likeness (QED) is 0.675. The fourth-order valence-corrected chi connectivity index (χ4v) is 1.62. The molecule has 0 bridgehead atoms. The van der Waals surface area contributed by atoms with Gasteiger partial charge in [0, 0.05) is 5.56 Å². The third-order valence-corrected chi connectivity index (χ3v) is 2.52. The van der Waals surface area contributed by atoms with E-state index in [1.807, 2.05) is 6.07 Å². The van der Waals surface area contributed by atoms with Gasteiger partial charge < -0.3 is 4.48 Å². The zero-order chi connectivity index (χ0) is 11.3. The SMILES string of the molecule is CC(=O)CC[N+](C)(C)Cc1ccccc1. The largest absolute Gasteiger partial charge is 0.324 e. The van der Waals surface area contributed by atoms with Crippen molar-refractivity contribution in [3.05, 3.63) is 35.9 Å². The normalized spacial score (nSPS) is 11.4. The molecule has 1 aromatic carbocycles. The highest BCUT2D eigenvalue weighted by Crippen LogP contribution is 2.09. The van der Waals surface area contributed by atoms with Gasteiger partial charge in [-0.05, 0) is 6.92 Å². The van der Waals surface area contributed by atoms with Crippen LogP contribution in [0.4, 0.5) is 0 Å². The first-order valence-electron chi connectivity index (χ1n) is 5.35. The minimum atomic E-state index is 0.272. The summed E-state index contributed by atoms with van der Waals surface area (Å²) in [5.74, 6) is 0.272. The molecule has 0 aliphatic heterocycles. The first kappa shape index (κ1) is 11.9. The highest BCUT2D eigenvalue weighted by molar-refractivity contribution is 5.75. The summed E-state index contributed by atoms with van der Waals surface area (Å²) < 4.78 is 0.865. The minimum Gasteiger partial charge on any atom is -0.324 e. The molecule has 2 heteroatoms. The van der Waals surface area contributed by atoms with Crippen LogP contribution in [0.1, 0.15) is 18.9 Å². The summed E-state index contributed by atoms with van der Waals surface area (Å²) in [4.78, 5) is 10.9. The van der Waals surface area contributed by atoms with Crippen LogP contribution >= 0.6 is 0 Å². The van der Waals surface area contributed by atoms with Crippen molar-refractivity contribution in [1.82, 2.24) is 0 Å². The van der Waals surface area contributed by atoms with Crippen molar-refractivity contribution in [3.8, 4) is 0 Å². The fraction of sp³-hybridized carbons (Fsp3) is 0.462. The Balaban J connectivity index is 2.52. The van der Waals surface area contributed by atoms with Crippen LogP contribution < -0.4 is 0 Å². The number of ketones is 1. The molecule has 1 rings (SSSR count). The van der Waals surface area contributed by atoms with Crippen molar-refractivity contribution in [2.45, 2.75) is 19.9 Å². The minimum absolute atomic E-state index is 0.272. The second-order valence-corrected chi connectivity index (χ2v) is 4.76. The van der Waals surface area contributed by atoms with Gasteiger partial charge in [0.1, 0.15) is 12.3 Å². The molecular formula is C13H20NO+. The Morgan fingerprint density at radius 2 is 1.80 bits per heavy atom. The predicted molar refractivity (Wildman–Crippen MR) is 62.4 cm³/mol. The van der Waals surface area contributed by atoms with Crippen molar-refractivity contribution in [2.75, 3.05) is 20.6 Å². The Hall–Kier alpha value is -1.15. The van der Waals surface area contributed by atoms with Gasteiger partial charge in [0.05, 0.1) is 27.1 Å². The second-order valence-electron chi connectivity index (χ2n) is 4.76. The molecule has 0 aromatic heterocycles. The monoisotopic (exact) mass is 206 g/mol. The fourth-order valence-electron chi connectivity index (χ4n) is 1.62. The summed E-state index contributed by atoms with van der Waals surface area (Å²) in [7, 11) is 4.33. The molecule has 0 saturated heterocycles. The highest BCUT2D eigenvalue weighted by Gasteiger charge is 2.16. The third-order valence-electron chi connectivity index (χ3n) is 2.52. The van der Waals surface area contributed by atoms with Gasteiger partial charge in [0.15, 0.2) is 0 Å². The average Bonchev–Trinajstić information content (AvgIpc) is 2.16. The summed E-state index contributed by atoms with van der Waals surface area (Å²) in [6, 6.07) is 10.4. The lowest BCUT2D eigenvalue weighted by Gasteiger charge is -2.29. The smallest absolute Gasteiger partial charge is 0.135 e. The molecule has 2 nitrogen and oxygen atoms in total. The Morgan fingerprint density at radius 3 is 2.33 bits per heavy atom. The molecule has 0 saturated carbocycles. The van der Waals surface area contributed by atoms with E-state index in [1.165, 1.54) is 5.56 Å². The van der Waals surface area contributed by atoms with Gasteiger partial charge in [-0.15, -0.1) is 0 Å². The van der Waals surface area contributed by atoms with Crippen LogP contribution in [0, 0.1) is 0 Å². The molecule has 0 amide bonds. The topological polar surface area (TPSA) is 17.1 Å². The van der Waals surface area contributed by atoms with E-state index < -0.39 is 0 Å². The molecule has 0 atom stereocenters. The van der Waals surface area contributed by atoms with E-state index in [1.54, 1.807) is 6.92 Å². The van der Waals surface area contributed by atoms with Crippen LogP contribution in [0.15, 0.2) is 30.3 Å². The second kappa shape index (κ2) is 5.08. The van der Waals surface area contributed by atoms with Crippen LogP contribution in [0.2, 0.25) is 0 Å². The number of Topliss-reactive ketones (excluding diaryl/α,β-unsaturated/α-hetero) is 1. The van der Waals surface area contributed by atoms with E-state index in [-0.39, 0.29) is 5.78 Å². The average molecular weight is 206 g/mol. The van der Waals surface area contributed by atoms with E-state index in [2.05, 4.69) is 38.4 Å². The Labute approximate surface area is 92.1 Å². The molecule has 0 heterocycles. The number of hydrogen-bond acceptors (Lipinski definition) is 1. The molecule has 1 aromatic rings. The molecule has 82 valence electrons. The molecule has 0 radical (unpaired) electrons. The van der Waals surface area contributed by atoms with Crippen molar-refractivity contribution in [1.29, 1.82) is 0 Å². The number of rotatable bonds is 5. The number of hydrogen-bond donors (Lipinski definition) is 0. The van der Waals surface area contributed by atoms with Crippen molar-refractivity contribution < 1.29 is 9.28 Å². The van der Waals surface area contributed by atoms with E-state index >= 15 is 0 Å². The van der Waals surface area contributed by atoms with E-state index in [0.29, 0.717) is 6.42 Å². The van der Waals surface area contributed by atoms with Gasteiger partial charge in [-0.25, -0.2) is 0 Å². The molecule has 0 fully saturated rings. The van der Waals surface area contributed by atoms with Gasteiger partial charge in [-0.1, -0.05) is 30.3 Å². The van der Waals surface area contributed by atoms with Gasteiger partial charge in [0.2, 0.25) is 0 Å². The molecule has 0 aliphatic rings. The molecule has 15 heavy (non-hydrogen) atoms. The lowest BCUT2D eigenvalue weighted by atomic mass is 10.2. The van der Waals surface area contributed by atoms with Crippen molar-refractivity contribution in [2.24, 2.45) is 0 Å². The molecule has 0 spiro atoms. The van der Waals surface area contributed by atoms with E-state index in [4.69, 9.17) is 0 Å². The zero-order valence-corrected chi connectivity index (χ0v) is 9.86. The summed E-state index contributed by atoms with van der Waals surface area (Å²) in [6.45, 7) is 3.54. The number of benzene rings is 1. The molecule has 0 unspecified atom stereocenters. The third kappa shape index (κ3) is 4.75. The highest BCUT2D eigenvalue weighted by atomic mass is 16.1. The maximum Gasteiger partial charge on any atom is 0.135 e. The van der Waals surface area contributed by atoms with Crippen molar-refractivity contribution in [3.63, 3.8) is 0 Å². The summed E-state index contributed by atoms with van der Waals surface area (Å²) in [5, 5.41) is 0. The van der Waals surface area contributed by atoms with E-state index in [0.717, 1.165) is 17.6 Å². The van der Waals surface area contributed by atoms with Gasteiger partial charge >= 0.3 is 0 Å². The molecule has 0 N–H and O–H groups in total. The lowest BCUT2D eigenvalue weighted by molar-refractivity contribution is -0.903. The standard InChI is InChI=1S/C13H20NO/c1-12(15)9-10-14(2,3)11-13-7-5-4-6-8-13/h4-8H,9-11H2,1-3H3/q+1. The summed E-state index contributed by atoms with van der Waals surface area (Å²) in [5.41, 5.74) is 1.33. The zero-order valence-electron chi connectivity index (χ0n) is 9.86. The first-order valence-corrected chi connectivity index (χ1v) is 5.35. The van der Waals surface area contributed by atoms with Crippen molar-refractivity contribution >= 4 is 5.78 Å². The maximum absolute atomic E-state index is 10.9. The van der Waals surface area contributed by atoms with Crippen LogP contribution in [0.25, 0.3) is 0 Å². The predicted octanol–water partition coefficient (Wildman–Crippen LogP) is 2.24. The van der Waals surface area contributed by atoms with Crippen LogP contribution in [0.5, 0.6) is 0 Å². The van der Waals surface area contributed by atoms with Gasteiger partial charge in [-0.2, -0.15) is 0 Å². The Kier molecular flexibility index (Phi) is 4.04.